The summed E-state index contributed by atoms with van der Waals surface area (Å²) in [6.07, 6.45) is 3.17. The second-order valence-electron chi connectivity index (χ2n) is 8.22. The van der Waals surface area contributed by atoms with Crippen molar-refractivity contribution in [3.05, 3.63) is 35.6 Å². The third kappa shape index (κ3) is 2.05. The van der Waals surface area contributed by atoms with Crippen LogP contribution >= 0.6 is 0 Å². The number of ether oxygens (including phenoxy) is 2. The molecule has 142 valence electrons. The van der Waals surface area contributed by atoms with Crippen molar-refractivity contribution in [2.24, 2.45) is 11.8 Å². The number of Topliss-reactive ketones (excluding diaryl/α,β-unsaturated/α-hetero) is 1. The number of hydrogen-bond acceptors (Lipinski definition) is 5. The van der Waals surface area contributed by atoms with Gasteiger partial charge in [-0.2, -0.15) is 0 Å². The topological polar surface area (TPSA) is 67.9 Å². The summed E-state index contributed by atoms with van der Waals surface area (Å²) in [4.78, 5) is 27.4. The molecule has 4 aliphatic rings. The zero-order valence-electron chi connectivity index (χ0n) is 15.8. The Morgan fingerprint density at radius 2 is 2.22 bits per heavy atom. The second-order valence-corrected chi connectivity index (χ2v) is 8.22. The molecule has 0 saturated carbocycles. The standard InChI is InChI=1S/C21H24N2O4/c1-11(24)14-9-27-10-15-13(14)7-19-21(8-17(15)22-19)16-5-4-12(26-3)6-18(16)23(2)20(21)25/h4-6,9,13,15,17,19,22H,7-8,10H2,1-3H3/t13-,15-,17-,19-,21+/m0/s1. The Bertz CT molecular complexity index is 879. The molecule has 6 nitrogen and oxygen atoms in total. The summed E-state index contributed by atoms with van der Waals surface area (Å²) in [6.45, 7) is 2.20. The largest absolute Gasteiger partial charge is 0.500 e. The van der Waals surface area contributed by atoms with Gasteiger partial charge in [0.1, 0.15) is 5.75 Å². The molecule has 1 N–H and O–H groups in total. The van der Waals surface area contributed by atoms with Gasteiger partial charge in [0, 0.05) is 36.7 Å². The molecular formula is C21H24N2O4. The lowest BCUT2D eigenvalue weighted by molar-refractivity contribution is -0.123. The number of amides is 1. The Labute approximate surface area is 158 Å². The number of ketones is 1. The third-order valence-electron chi connectivity index (χ3n) is 7.11. The fraction of sp³-hybridized carbons (Fsp3) is 0.524. The number of nitrogens with one attached hydrogen (secondary N) is 1. The quantitative estimate of drug-likeness (QED) is 0.862. The molecule has 2 bridgehead atoms. The first-order chi connectivity index (χ1) is 13.0. The Kier molecular flexibility index (Phi) is 3.47. The summed E-state index contributed by atoms with van der Waals surface area (Å²) < 4.78 is 11.0. The molecule has 4 aliphatic heterocycles. The lowest BCUT2D eigenvalue weighted by atomic mass is 9.72. The Balaban J connectivity index is 1.60. The summed E-state index contributed by atoms with van der Waals surface area (Å²) in [7, 11) is 3.48. The van der Waals surface area contributed by atoms with Crippen LogP contribution in [0.1, 0.15) is 25.3 Å². The Morgan fingerprint density at radius 3 is 2.96 bits per heavy atom. The summed E-state index contributed by atoms with van der Waals surface area (Å²) in [5, 5.41) is 3.70. The zero-order valence-corrected chi connectivity index (χ0v) is 15.8. The van der Waals surface area contributed by atoms with Gasteiger partial charge in [-0.15, -0.1) is 0 Å². The Morgan fingerprint density at radius 1 is 1.41 bits per heavy atom. The number of rotatable bonds is 2. The van der Waals surface area contributed by atoms with Crippen LogP contribution in [0.2, 0.25) is 0 Å². The van der Waals surface area contributed by atoms with Gasteiger partial charge in [0.05, 0.1) is 31.1 Å². The van der Waals surface area contributed by atoms with Crippen molar-refractivity contribution >= 4 is 17.4 Å². The number of piperidine rings is 1. The van der Waals surface area contributed by atoms with Crippen molar-refractivity contribution in [1.82, 2.24) is 5.32 Å². The van der Waals surface area contributed by atoms with Crippen molar-refractivity contribution < 1.29 is 19.1 Å². The van der Waals surface area contributed by atoms with Gasteiger partial charge in [-0.3, -0.25) is 9.59 Å². The number of hydrogen-bond donors (Lipinski definition) is 1. The monoisotopic (exact) mass is 368 g/mol. The smallest absolute Gasteiger partial charge is 0.239 e. The van der Waals surface area contributed by atoms with Crippen molar-refractivity contribution in [3.63, 3.8) is 0 Å². The highest BCUT2D eigenvalue weighted by atomic mass is 16.5. The predicted octanol–water partition coefficient (Wildman–Crippen LogP) is 1.78. The van der Waals surface area contributed by atoms with Gasteiger partial charge >= 0.3 is 0 Å². The van der Waals surface area contributed by atoms with Gasteiger partial charge in [-0.1, -0.05) is 6.07 Å². The molecule has 5 atom stereocenters. The fourth-order valence-electron chi connectivity index (χ4n) is 5.82. The van der Waals surface area contributed by atoms with E-state index in [0.29, 0.717) is 6.61 Å². The third-order valence-corrected chi connectivity index (χ3v) is 7.11. The van der Waals surface area contributed by atoms with Crippen LogP contribution in [-0.2, 0) is 19.7 Å². The van der Waals surface area contributed by atoms with Crippen LogP contribution in [0.25, 0.3) is 0 Å². The van der Waals surface area contributed by atoms with Crippen molar-refractivity contribution in [1.29, 1.82) is 0 Å². The number of methoxy groups -OCH3 is 1. The highest BCUT2D eigenvalue weighted by Gasteiger charge is 2.64. The van der Waals surface area contributed by atoms with E-state index in [9.17, 15) is 9.59 Å². The molecule has 0 radical (unpaired) electrons. The number of allylic oxidation sites excluding steroid dienone is 1. The first-order valence-corrected chi connectivity index (χ1v) is 9.52. The minimum Gasteiger partial charge on any atom is -0.500 e. The number of likely N-dealkylation sites (N-methyl/N-ethyl adjacent to an activating group) is 1. The summed E-state index contributed by atoms with van der Waals surface area (Å²) in [6, 6.07) is 6.12. The maximum absolute atomic E-state index is 13.5. The van der Waals surface area contributed by atoms with Crippen molar-refractivity contribution in [3.8, 4) is 5.75 Å². The van der Waals surface area contributed by atoms with Crippen LogP contribution < -0.4 is 15.0 Å². The van der Waals surface area contributed by atoms with Crippen molar-refractivity contribution in [2.75, 3.05) is 25.7 Å². The number of nitrogens with zero attached hydrogens (tertiary/aromatic N) is 1. The van der Waals surface area contributed by atoms with Gasteiger partial charge < -0.3 is 19.7 Å². The highest BCUT2D eigenvalue weighted by Crippen LogP contribution is 2.56. The number of carbonyl (C=O) groups excluding carboxylic acids is 2. The minimum atomic E-state index is -0.569. The van der Waals surface area contributed by atoms with Gasteiger partial charge in [-0.25, -0.2) is 0 Å². The number of anilines is 1. The van der Waals surface area contributed by atoms with Crippen LogP contribution in [0.15, 0.2) is 30.0 Å². The molecule has 2 fully saturated rings. The molecule has 0 aliphatic carbocycles. The molecule has 5 rings (SSSR count). The lowest BCUT2D eigenvalue weighted by Crippen LogP contribution is -2.53. The average Bonchev–Trinajstić information content (AvgIpc) is 3.09. The first-order valence-electron chi connectivity index (χ1n) is 9.52. The van der Waals surface area contributed by atoms with Gasteiger partial charge in [-0.05, 0) is 37.3 Å². The van der Waals surface area contributed by atoms with Crippen LogP contribution in [0, 0.1) is 11.8 Å². The van der Waals surface area contributed by atoms with E-state index in [2.05, 4.69) is 5.32 Å². The first kappa shape index (κ1) is 16.8. The molecule has 1 spiro atoms. The number of carbonyl (C=O) groups is 2. The maximum atomic E-state index is 13.5. The number of fused-ring (bicyclic) bond motifs is 7. The number of benzene rings is 1. The van der Waals surface area contributed by atoms with E-state index in [1.54, 1.807) is 25.2 Å². The van der Waals surface area contributed by atoms with Crippen molar-refractivity contribution in [2.45, 2.75) is 37.3 Å². The minimum absolute atomic E-state index is 0.0224. The van der Waals surface area contributed by atoms with E-state index in [4.69, 9.17) is 9.47 Å². The van der Waals surface area contributed by atoms with E-state index in [0.717, 1.165) is 35.4 Å². The predicted molar refractivity (Wildman–Crippen MR) is 99.7 cm³/mol. The second kappa shape index (κ2) is 5.58. The molecule has 0 unspecified atom stereocenters. The molecule has 1 aromatic rings. The molecule has 1 aromatic carbocycles. The normalized spacial score (nSPS) is 36.2. The molecular weight excluding hydrogens is 344 g/mol. The van der Waals surface area contributed by atoms with Gasteiger partial charge in [0.2, 0.25) is 5.91 Å². The van der Waals surface area contributed by atoms with E-state index < -0.39 is 5.41 Å². The molecule has 0 aromatic heterocycles. The molecule has 27 heavy (non-hydrogen) atoms. The van der Waals surface area contributed by atoms with Crippen LogP contribution in [0.3, 0.4) is 0 Å². The lowest BCUT2D eigenvalue weighted by Gasteiger charge is -2.41. The average molecular weight is 368 g/mol. The van der Waals surface area contributed by atoms with E-state index in [-0.39, 0.29) is 35.6 Å². The molecule has 1 amide bonds. The van der Waals surface area contributed by atoms with E-state index in [1.807, 2.05) is 25.2 Å². The summed E-state index contributed by atoms with van der Waals surface area (Å²) >= 11 is 0. The van der Waals surface area contributed by atoms with Crippen LogP contribution in [-0.4, -0.2) is 44.5 Å². The summed E-state index contributed by atoms with van der Waals surface area (Å²) in [5.74, 6) is 1.35. The van der Waals surface area contributed by atoms with E-state index >= 15 is 0 Å². The van der Waals surface area contributed by atoms with Crippen LogP contribution in [0.4, 0.5) is 5.69 Å². The fourth-order valence-corrected chi connectivity index (χ4v) is 5.82. The zero-order chi connectivity index (χ0) is 18.9. The Hall–Kier alpha value is -2.34. The summed E-state index contributed by atoms with van der Waals surface area (Å²) in [5.41, 5.74) is 2.20. The van der Waals surface area contributed by atoms with Gasteiger partial charge in [0.15, 0.2) is 5.78 Å². The van der Waals surface area contributed by atoms with Crippen LogP contribution in [0.5, 0.6) is 5.75 Å². The SMILES string of the molecule is COc1ccc2c(c1)N(C)C(=O)[C@]21C[C@@H]2N[C@H]1C[C@H]1C(C(C)=O)=COC[C@H]21. The molecule has 4 heterocycles. The molecule has 2 saturated heterocycles. The van der Waals surface area contributed by atoms with E-state index in [1.165, 1.54) is 0 Å². The maximum Gasteiger partial charge on any atom is 0.239 e. The highest BCUT2D eigenvalue weighted by molar-refractivity contribution is 6.09. The van der Waals surface area contributed by atoms with Gasteiger partial charge in [0.25, 0.3) is 0 Å². The molecule has 6 heteroatoms.